The van der Waals surface area contributed by atoms with Crippen molar-refractivity contribution in [1.29, 1.82) is 0 Å². The van der Waals surface area contributed by atoms with Gasteiger partial charge in [0.15, 0.2) is 0 Å². The van der Waals surface area contributed by atoms with Crippen molar-refractivity contribution >= 4 is 5.91 Å². The van der Waals surface area contributed by atoms with Crippen LogP contribution in [0.2, 0.25) is 0 Å². The summed E-state index contributed by atoms with van der Waals surface area (Å²) < 4.78 is 5.53. The van der Waals surface area contributed by atoms with Gasteiger partial charge in [-0.1, -0.05) is 39.0 Å². The van der Waals surface area contributed by atoms with E-state index in [0.717, 1.165) is 12.2 Å². The Morgan fingerprint density at radius 2 is 1.70 bits per heavy atom. The monoisotopic (exact) mass is 277 g/mol. The van der Waals surface area contributed by atoms with Gasteiger partial charge in [-0.2, -0.15) is 0 Å². The molecule has 0 heterocycles. The summed E-state index contributed by atoms with van der Waals surface area (Å²) in [4.78, 5) is 11.9. The number of hydrogen-bond acceptors (Lipinski definition) is 2. The van der Waals surface area contributed by atoms with Crippen molar-refractivity contribution in [2.75, 3.05) is 6.61 Å². The standard InChI is InChI=1S/C17H27NO2/c1-16(2,3)13-17(4,5)18-15(19)11-12-20-14-9-7-6-8-10-14/h6-10H,11-13H2,1-5H3,(H,18,19). The van der Waals surface area contributed by atoms with Crippen molar-refractivity contribution in [1.82, 2.24) is 5.32 Å². The van der Waals surface area contributed by atoms with Gasteiger partial charge >= 0.3 is 0 Å². The topological polar surface area (TPSA) is 38.3 Å². The van der Waals surface area contributed by atoms with E-state index in [0.29, 0.717) is 13.0 Å². The molecule has 0 radical (unpaired) electrons. The molecule has 112 valence electrons. The predicted octanol–water partition coefficient (Wildman–Crippen LogP) is 3.79. The van der Waals surface area contributed by atoms with Crippen LogP contribution in [0.5, 0.6) is 5.75 Å². The second-order valence-corrected chi connectivity index (χ2v) is 7.08. The van der Waals surface area contributed by atoms with Gasteiger partial charge in [-0.25, -0.2) is 0 Å². The van der Waals surface area contributed by atoms with Crippen LogP contribution in [-0.4, -0.2) is 18.1 Å². The van der Waals surface area contributed by atoms with E-state index in [9.17, 15) is 4.79 Å². The zero-order valence-corrected chi connectivity index (χ0v) is 13.3. The quantitative estimate of drug-likeness (QED) is 0.859. The molecule has 0 aliphatic heterocycles. The number of amides is 1. The number of carbonyl (C=O) groups excluding carboxylic acids is 1. The van der Waals surface area contributed by atoms with Gasteiger partial charge < -0.3 is 10.1 Å². The lowest BCUT2D eigenvalue weighted by Crippen LogP contribution is -2.46. The Bertz CT molecular complexity index is 418. The summed E-state index contributed by atoms with van der Waals surface area (Å²) in [5.74, 6) is 0.837. The minimum atomic E-state index is -0.192. The van der Waals surface area contributed by atoms with E-state index >= 15 is 0 Å². The van der Waals surface area contributed by atoms with Crippen LogP contribution in [-0.2, 0) is 4.79 Å². The smallest absolute Gasteiger partial charge is 0.223 e. The first-order chi connectivity index (χ1) is 9.18. The molecule has 1 rings (SSSR count). The molecule has 0 saturated carbocycles. The van der Waals surface area contributed by atoms with Crippen LogP contribution in [0.4, 0.5) is 0 Å². The number of rotatable bonds is 6. The van der Waals surface area contributed by atoms with Crippen LogP contribution in [0.15, 0.2) is 30.3 Å². The maximum absolute atomic E-state index is 11.9. The van der Waals surface area contributed by atoms with E-state index in [1.165, 1.54) is 0 Å². The number of ether oxygens (including phenoxy) is 1. The normalized spacial score (nSPS) is 12.1. The van der Waals surface area contributed by atoms with Gasteiger partial charge in [0, 0.05) is 5.54 Å². The van der Waals surface area contributed by atoms with Crippen LogP contribution in [0.1, 0.15) is 47.5 Å². The molecule has 1 aromatic rings. The van der Waals surface area contributed by atoms with E-state index < -0.39 is 0 Å². The van der Waals surface area contributed by atoms with Gasteiger partial charge in [-0.3, -0.25) is 4.79 Å². The Kier molecular flexibility index (Phi) is 5.61. The molecule has 0 aromatic heterocycles. The van der Waals surface area contributed by atoms with Crippen molar-refractivity contribution in [3.05, 3.63) is 30.3 Å². The van der Waals surface area contributed by atoms with Gasteiger partial charge in [0.2, 0.25) is 5.91 Å². The molecule has 0 aliphatic carbocycles. The Morgan fingerprint density at radius 3 is 2.25 bits per heavy atom. The summed E-state index contributed by atoms with van der Waals surface area (Å²) >= 11 is 0. The summed E-state index contributed by atoms with van der Waals surface area (Å²) in [6.45, 7) is 11.1. The number of hydrogen-bond donors (Lipinski definition) is 1. The van der Waals surface area contributed by atoms with Gasteiger partial charge in [-0.05, 0) is 37.8 Å². The van der Waals surface area contributed by atoms with E-state index in [4.69, 9.17) is 4.74 Å². The third kappa shape index (κ3) is 7.17. The number of nitrogens with one attached hydrogen (secondary N) is 1. The zero-order chi connectivity index (χ0) is 15.2. The fourth-order valence-corrected chi connectivity index (χ4v) is 2.59. The van der Waals surface area contributed by atoms with Crippen LogP contribution in [0.3, 0.4) is 0 Å². The molecule has 0 saturated heterocycles. The van der Waals surface area contributed by atoms with E-state index in [1.807, 2.05) is 30.3 Å². The number of carbonyl (C=O) groups is 1. The first-order valence-electron chi connectivity index (χ1n) is 7.17. The average molecular weight is 277 g/mol. The van der Waals surface area contributed by atoms with E-state index in [-0.39, 0.29) is 16.9 Å². The van der Waals surface area contributed by atoms with Crippen LogP contribution >= 0.6 is 0 Å². The van der Waals surface area contributed by atoms with Gasteiger partial charge in [0.1, 0.15) is 5.75 Å². The fourth-order valence-electron chi connectivity index (χ4n) is 2.59. The first kappa shape index (κ1) is 16.5. The zero-order valence-electron chi connectivity index (χ0n) is 13.3. The number of para-hydroxylation sites is 1. The van der Waals surface area contributed by atoms with E-state index in [1.54, 1.807) is 0 Å². The van der Waals surface area contributed by atoms with Crippen molar-refractivity contribution in [3.8, 4) is 5.75 Å². The average Bonchev–Trinajstić information content (AvgIpc) is 2.26. The molecular formula is C17H27NO2. The highest BCUT2D eigenvalue weighted by Gasteiger charge is 2.26. The summed E-state index contributed by atoms with van der Waals surface area (Å²) in [5.41, 5.74) is -0.000596. The highest BCUT2D eigenvalue weighted by Crippen LogP contribution is 2.26. The molecule has 20 heavy (non-hydrogen) atoms. The molecule has 3 heteroatoms. The molecule has 0 aliphatic rings. The van der Waals surface area contributed by atoms with Crippen molar-refractivity contribution in [3.63, 3.8) is 0 Å². The molecule has 0 spiro atoms. The minimum absolute atomic E-state index is 0.0372. The van der Waals surface area contributed by atoms with Gasteiger partial charge in [0.25, 0.3) is 0 Å². The third-order valence-corrected chi connectivity index (χ3v) is 2.79. The lowest BCUT2D eigenvalue weighted by Gasteiger charge is -2.33. The minimum Gasteiger partial charge on any atom is -0.493 e. The molecule has 3 nitrogen and oxygen atoms in total. The van der Waals surface area contributed by atoms with Gasteiger partial charge in [0.05, 0.1) is 13.0 Å². The molecule has 0 atom stereocenters. The fraction of sp³-hybridized carbons (Fsp3) is 0.588. The third-order valence-electron chi connectivity index (χ3n) is 2.79. The molecule has 0 fully saturated rings. The Morgan fingerprint density at radius 1 is 1.10 bits per heavy atom. The Hall–Kier alpha value is -1.51. The van der Waals surface area contributed by atoms with Crippen LogP contribution in [0, 0.1) is 5.41 Å². The molecule has 0 bridgehead atoms. The SMILES string of the molecule is CC(C)(C)CC(C)(C)NC(=O)CCOc1ccccc1. The van der Waals surface area contributed by atoms with Gasteiger partial charge in [-0.15, -0.1) is 0 Å². The maximum atomic E-state index is 11.9. The molecule has 1 aromatic carbocycles. The maximum Gasteiger partial charge on any atom is 0.223 e. The molecule has 0 unspecified atom stereocenters. The lowest BCUT2D eigenvalue weighted by molar-refractivity contribution is -0.123. The molecule has 1 N–H and O–H groups in total. The van der Waals surface area contributed by atoms with E-state index in [2.05, 4.69) is 39.9 Å². The highest BCUT2D eigenvalue weighted by molar-refractivity contribution is 5.76. The highest BCUT2D eigenvalue weighted by atomic mass is 16.5. The first-order valence-corrected chi connectivity index (χ1v) is 7.17. The second kappa shape index (κ2) is 6.78. The van der Waals surface area contributed by atoms with Crippen molar-refractivity contribution in [2.45, 2.75) is 53.0 Å². The Labute approximate surface area is 122 Å². The van der Waals surface area contributed by atoms with Crippen LogP contribution in [0.25, 0.3) is 0 Å². The van der Waals surface area contributed by atoms with Crippen molar-refractivity contribution < 1.29 is 9.53 Å². The van der Waals surface area contributed by atoms with Crippen LogP contribution < -0.4 is 10.1 Å². The number of benzene rings is 1. The Balaban J connectivity index is 2.33. The lowest BCUT2D eigenvalue weighted by atomic mass is 9.82. The summed E-state index contributed by atoms with van der Waals surface area (Å²) in [7, 11) is 0. The summed E-state index contributed by atoms with van der Waals surface area (Å²) in [6, 6.07) is 9.56. The summed E-state index contributed by atoms with van der Waals surface area (Å²) in [5, 5.41) is 3.08. The predicted molar refractivity (Wildman–Crippen MR) is 82.8 cm³/mol. The second-order valence-electron chi connectivity index (χ2n) is 7.08. The van der Waals surface area contributed by atoms with Crippen molar-refractivity contribution in [2.24, 2.45) is 5.41 Å². The molecular weight excluding hydrogens is 250 g/mol. The summed E-state index contributed by atoms with van der Waals surface area (Å²) in [6.07, 6.45) is 1.31. The molecule has 1 amide bonds. The largest absolute Gasteiger partial charge is 0.493 e.